The van der Waals surface area contributed by atoms with Gasteiger partial charge < -0.3 is 14.6 Å². The number of carbonyl (C=O) groups is 1. The number of hydrogen-bond acceptors (Lipinski definition) is 7. The summed E-state index contributed by atoms with van der Waals surface area (Å²) in [5, 5.41) is 17.8. The lowest BCUT2D eigenvalue weighted by atomic mass is 10.2. The second-order valence-electron chi connectivity index (χ2n) is 6.37. The first-order valence-electron chi connectivity index (χ1n) is 8.89. The van der Waals surface area contributed by atoms with Crippen LogP contribution in [0.2, 0.25) is 0 Å². The van der Waals surface area contributed by atoms with E-state index in [9.17, 15) is 4.79 Å². The Hall–Kier alpha value is -4.01. The van der Waals surface area contributed by atoms with E-state index in [0.717, 1.165) is 22.7 Å². The lowest BCUT2D eigenvalue weighted by molar-refractivity contribution is 0.102. The number of anilines is 1. The van der Waals surface area contributed by atoms with E-state index >= 15 is 0 Å². The van der Waals surface area contributed by atoms with Gasteiger partial charge in [-0.2, -0.15) is 0 Å². The maximum Gasteiger partial charge on any atom is 0.255 e. The summed E-state index contributed by atoms with van der Waals surface area (Å²) < 4.78 is 12.4. The van der Waals surface area contributed by atoms with Crippen LogP contribution in [0.1, 0.15) is 27.4 Å². The summed E-state index contributed by atoms with van der Waals surface area (Å²) in [6, 6.07) is 14.2. The summed E-state index contributed by atoms with van der Waals surface area (Å²) >= 11 is 0. The molecule has 1 N–H and O–H groups in total. The molecule has 9 nitrogen and oxygen atoms in total. The predicted molar refractivity (Wildman–Crippen MR) is 104 cm³/mol. The highest BCUT2D eigenvalue weighted by atomic mass is 16.5. The van der Waals surface area contributed by atoms with Gasteiger partial charge in [0.1, 0.15) is 24.4 Å². The molecule has 29 heavy (non-hydrogen) atoms. The molecule has 0 radical (unpaired) electrons. The fraction of sp³-hybridized carbons (Fsp3) is 0.150. The molecule has 146 valence electrons. The van der Waals surface area contributed by atoms with E-state index in [1.54, 1.807) is 36.4 Å². The van der Waals surface area contributed by atoms with E-state index in [4.69, 9.17) is 9.26 Å². The highest BCUT2D eigenvalue weighted by Gasteiger charge is 2.11. The number of ether oxygens (including phenoxy) is 1. The third-order valence-electron chi connectivity index (χ3n) is 4.40. The van der Waals surface area contributed by atoms with Crippen molar-refractivity contribution in [1.29, 1.82) is 0 Å². The zero-order valence-electron chi connectivity index (χ0n) is 15.9. The molecule has 0 aliphatic heterocycles. The minimum Gasteiger partial charge on any atom is -0.489 e. The second kappa shape index (κ2) is 7.93. The lowest BCUT2D eigenvalue weighted by Gasteiger charge is -2.09. The fourth-order valence-corrected chi connectivity index (χ4v) is 2.78. The van der Waals surface area contributed by atoms with Crippen LogP contribution in [0.25, 0.3) is 5.69 Å². The molecule has 4 aromatic rings. The summed E-state index contributed by atoms with van der Waals surface area (Å²) in [5.41, 5.74) is 3.64. The zero-order chi connectivity index (χ0) is 20.2. The minimum atomic E-state index is -0.226. The van der Waals surface area contributed by atoms with Crippen LogP contribution in [-0.2, 0) is 6.61 Å². The Balaban J connectivity index is 1.40. The number of amides is 1. The Kier molecular flexibility index (Phi) is 5.02. The van der Waals surface area contributed by atoms with Crippen molar-refractivity contribution in [3.63, 3.8) is 0 Å². The lowest BCUT2D eigenvalue weighted by Crippen LogP contribution is -2.12. The first-order valence-corrected chi connectivity index (χ1v) is 8.89. The van der Waals surface area contributed by atoms with Gasteiger partial charge in [0.15, 0.2) is 0 Å². The van der Waals surface area contributed by atoms with Gasteiger partial charge in [-0.3, -0.25) is 4.79 Å². The Morgan fingerprint density at radius 2 is 2.00 bits per heavy atom. The van der Waals surface area contributed by atoms with E-state index in [0.29, 0.717) is 23.6 Å². The van der Waals surface area contributed by atoms with Crippen LogP contribution in [0.3, 0.4) is 0 Å². The van der Waals surface area contributed by atoms with Crippen molar-refractivity contribution in [3.8, 4) is 11.4 Å². The van der Waals surface area contributed by atoms with Crippen molar-refractivity contribution < 1.29 is 14.1 Å². The first-order chi connectivity index (χ1) is 14.1. The molecule has 2 heterocycles. The van der Waals surface area contributed by atoms with Crippen LogP contribution in [0.4, 0.5) is 5.69 Å². The second-order valence-corrected chi connectivity index (χ2v) is 6.37. The Bertz CT molecular complexity index is 1100. The molecule has 1 amide bonds. The normalized spacial score (nSPS) is 10.7. The number of carbonyl (C=O) groups excluding carboxylic acids is 1. The number of hydrogen-bond donors (Lipinski definition) is 1. The number of aryl methyl sites for hydroxylation is 2. The van der Waals surface area contributed by atoms with E-state index in [1.807, 2.05) is 26.0 Å². The molecular weight excluding hydrogens is 372 g/mol. The van der Waals surface area contributed by atoms with Crippen LogP contribution in [0.5, 0.6) is 5.75 Å². The molecule has 9 heteroatoms. The van der Waals surface area contributed by atoms with Crippen LogP contribution in [-0.4, -0.2) is 31.3 Å². The quantitative estimate of drug-likeness (QED) is 0.539. The average molecular weight is 390 g/mol. The first kappa shape index (κ1) is 18.4. The third kappa shape index (κ3) is 4.13. The highest BCUT2D eigenvalue weighted by Crippen LogP contribution is 2.19. The molecule has 0 saturated heterocycles. The van der Waals surface area contributed by atoms with Gasteiger partial charge in [0, 0.05) is 11.3 Å². The molecule has 0 aliphatic carbocycles. The van der Waals surface area contributed by atoms with Gasteiger partial charge in [-0.25, -0.2) is 4.68 Å². The maximum absolute atomic E-state index is 12.5. The van der Waals surface area contributed by atoms with Crippen molar-refractivity contribution in [1.82, 2.24) is 25.4 Å². The number of nitrogens with zero attached hydrogens (tertiary/aromatic N) is 5. The van der Waals surface area contributed by atoms with Gasteiger partial charge in [0.05, 0.1) is 16.9 Å². The standard InChI is InChI=1S/C20H18N6O3/c1-13-19(14(2)29-23-13)11-28-18-8-6-15(7-9-18)20(27)22-16-4-3-5-17(10-16)26-12-21-24-25-26/h3-10,12H,11H2,1-2H3,(H,22,27). The summed E-state index contributed by atoms with van der Waals surface area (Å²) in [5.74, 6) is 1.17. The van der Waals surface area contributed by atoms with Crippen LogP contribution >= 0.6 is 0 Å². The molecule has 0 saturated carbocycles. The molecule has 0 unspecified atom stereocenters. The third-order valence-corrected chi connectivity index (χ3v) is 4.40. The monoisotopic (exact) mass is 390 g/mol. The number of rotatable bonds is 6. The summed E-state index contributed by atoms with van der Waals surface area (Å²) in [4.78, 5) is 12.5. The van der Waals surface area contributed by atoms with Crippen molar-refractivity contribution in [2.75, 3.05) is 5.32 Å². The Morgan fingerprint density at radius 3 is 2.69 bits per heavy atom. The van der Waals surface area contributed by atoms with Gasteiger partial charge in [0.2, 0.25) is 0 Å². The number of aromatic nitrogens is 5. The van der Waals surface area contributed by atoms with Gasteiger partial charge in [-0.15, -0.1) is 5.10 Å². The van der Waals surface area contributed by atoms with Gasteiger partial charge in [0.25, 0.3) is 5.91 Å². The Labute approximate surface area is 166 Å². The summed E-state index contributed by atoms with van der Waals surface area (Å²) in [6.45, 7) is 4.08. The van der Waals surface area contributed by atoms with Gasteiger partial charge >= 0.3 is 0 Å². The minimum absolute atomic E-state index is 0.226. The maximum atomic E-state index is 12.5. The van der Waals surface area contributed by atoms with Crippen LogP contribution in [0, 0.1) is 13.8 Å². The van der Waals surface area contributed by atoms with E-state index < -0.39 is 0 Å². The van der Waals surface area contributed by atoms with E-state index in [1.165, 1.54) is 11.0 Å². The SMILES string of the molecule is Cc1noc(C)c1COc1ccc(C(=O)Nc2cccc(-n3cnnn3)c2)cc1. The molecular formula is C20H18N6O3. The summed E-state index contributed by atoms with van der Waals surface area (Å²) in [7, 11) is 0. The Morgan fingerprint density at radius 1 is 1.17 bits per heavy atom. The van der Waals surface area contributed by atoms with Crippen molar-refractivity contribution in [2.45, 2.75) is 20.5 Å². The van der Waals surface area contributed by atoms with Crippen molar-refractivity contribution in [3.05, 3.63) is 77.4 Å². The summed E-state index contributed by atoms with van der Waals surface area (Å²) in [6.07, 6.45) is 1.49. The van der Waals surface area contributed by atoms with Crippen molar-refractivity contribution >= 4 is 11.6 Å². The molecule has 0 bridgehead atoms. The topological polar surface area (TPSA) is 108 Å². The number of nitrogens with one attached hydrogen (secondary N) is 1. The number of benzene rings is 2. The highest BCUT2D eigenvalue weighted by molar-refractivity contribution is 6.04. The van der Waals surface area contributed by atoms with Gasteiger partial charge in [-0.1, -0.05) is 11.2 Å². The van der Waals surface area contributed by atoms with Crippen LogP contribution < -0.4 is 10.1 Å². The smallest absolute Gasteiger partial charge is 0.255 e. The van der Waals surface area contributed by atoms with Crippen molar-refractivity contribution in [2.24, 2.45) is 0 Å². The zero-order valence-corrected chi connectivity index (χ0v) is 15.9. The number of tetrazole rings is 1. The molecule has 0 spiro atoms. The van der Waals surface area contributed by atoms with E-state index in [-0.39, 0.29) is 5.91 Å². The fourth-order valence-electron chi connectivity index (χ4n) is 2.78. The van der Waals surface area contributed by atoms with Gasteiger partial charge in [-0.05, 0) is 66.7 Å². The average Bonchev–Trinajstić information content (AvgIpc) is 3.38. The molecule has 2 aromatic carbocycles. The molecule has 0 fully saturated rings. The van der Waals surface area contributed by atoms with E-state index in [2.05, 4.69) is 26.0 Å². The molecule has 2 aromatic heterocycles. The van der Waals surface area contributed by atoms with Crippen LogP contribution in [0.15, 0.2) is 59.4 Å². The molecule has 4 rings (SSSR count). The predicted octanol–water partition coefficient (Wildman–Crippen LogP) is 3.10. The molecule has 0 atom stereocenters. The molecule has 0 aliphatic rings. The largest absolute Gasteiger partial charge is 0.489 e.